The second-order valence-corrected chi connectivity index (χ2v) is 5.93. The summed E-state index contributed by atoms with van der Waals surface area (Å²) in [7, 11) is 2.99. The molecule has 1 heterocycles. The summed E-state index contributed by atoms with van der Waals surface area (Å²) in [6.45, 7) is 4.03. The summed E-state index contributed by atoms with van der Waals surface area (Å²) in [5.74, 6) is 0.841. The van der Waals surface area contributed by atoms with Gasteiger partial charge in [-0.15, -0.1) is 0 Å². The highest BCUT2D eigenvalue weighted by molar-refractivity contribution is 5.88. The molecule has 0 radical (unpaired) electrons. The molecular formula is C19H20FN3O2. The van der Waals surface area contributed by atoms with Gasteiger partial charge < -0.3 is 14.8 Å². The van der Waals surface area contributed by atoms with Crippen molar-refractivity contribution in [2.45, 2.75) is 19.9 Å². The first-order valence-electron chi connectivity index (χ1n) is 7.97. The molecule has 0 spiro atoms. The van der Waals surface area contributed by atoms with Crippen molar-refractivity contribution in [2.24, 2.45) is 0 Å². The Morgan fingerprint density at radius 3 is 2.48 bits per heavy atom. The van der Waals surface area contributed by atoms with Gasteiger partial charge in [-0.2, -0.15) is 0 Å². The molecule has 1 N–H and O–H groups in total. The maximum atomic E-state index is 14.7. The number of halogens is 1. The molecule has 130 valence electrons. The monoisotopic (exact) mass is 341 g/mol. The van der Waals surface area contributed by atoms with Crippen molar-refractivity contribution in [2.75, 3.05) is 19.5 Å². The van der Waals surface area contributed by atoms with Crippen LogP contribution in [0.25, 0.3) is 22.0 Å². The molecule has 0 saturated heterocycles. The summed E-state index contributed by atoms with van der Waals surface area (Å²) in [4.78, 5) is 8.81. The molecule has 0 aliphatic rings. The lowest BCUT2D eigenvalue weighted by molar-refractivity contribution is 0.387. The number of rotatable bonds is 5. The first-order chi connectivity index (χ1) is 12.0. The highest BCUT2D eigenvalue weighted by Gasteiger charge is 2.16. The Labute approximate surface area is 145 Å². The zero-order valence-corrected chi connectivity index (χ0v) is 14.6. The molecule has 0 bridgehead atoms. The Kier molecular flexibility index (Phi) is 4.70. The zero-order chi connectivity index (χ0) is 18.0. The molecular weight excluding hydrogens is 321 g/mol. The van der Waals surface area contributed by atoms with Gasteiger partial charge in [0.05, 0.1) is 19.7 Å². The molecule has 0 unspecified atom stereocenters. The van der Waals surface area contributed by atoms with Crippen LogP contribution >= 0.6 is 0 Å². The lowest BCUT2D eigenvalue weighted by atomic mass is 10.0. The van der Waals surface area contributed by atoms with Crippen LogP contribution in [0.5, 0.6) is 11.5 Å². The van der Waals surface area contributed by atoms with Crippen molar-refractivity contribution in [3.8, 4) is 22.6 Å². The third kappa shape index (κ3) is 3.33. The van der Waals surface area contributed by atoms with Gasteiger partial charge in [-0.3, -0.25) is 0 Å². The lowest BCUT2D eigenvalue weighted by Gasteiger charge is -2.13. The van der Waals surface area contributed by atoms with Gasteiger partial charge in [-0.05, 0) is 26.0 Å². The van der Waals surface area contributed by atoms with Crippen LogP contribution in [0.3, 0.4) is 0 Å². The highest BCUT2D eigenvalue weighted by Crippen LogP contribution is 2.37. The van der Waals surface area contributed by atoms with Crippen LogP contribution in [0.2, 0.25) is 0 Å². The summed E-state index contributed by atoms with van der Waals surface area (Å²) in [5.41, 5.74) is 1.75. The van der Waals surface area contributed by atoms with Crippen molar-refractivity contribution in [1.29, 1.82) is 0 Å². The summed E-state index contributed by atoms with van der Waals surface area (Å²) < 4.78 is 25.2. The van der Waals surface area contributed by atoms with E-state index < -0.39 is 5.82 Å². The van der Waals surface area contributed by atoms with Crippen LogP contribution in [-0.4, -0.2) is 30.2 Å². The summed E-state index contributed by atoms with van der Waals surface area (Å²) in [6, 6.07) is 8.86. The summed E-state index contributed by atoms with van der Waals surface area (Å²) in [5, 5.41) is 3.96. The first kappa shape index (κ1) is 17.0. The number of anilines is 1. The minimum absolute atomic E-state index is 0.187. The average molecular weight is 341 g/mol. The molecule has 25 heavy (non-hydrogen) atoms. The van der Waals surface area contributed by atoms with Gasteiger partial charge in [-0.25, -0.2) is 14.4 Å². The molecule has 5 nitrogen and oxygen atoms in total. The van der Waals surface area contributed by atoms with E-state index in [2.05, 4.69) is 15.3 Å². The molecule has 0 aliphatic carbocycles. The van der Waals surface area contributed by atoms with E-state index in [1.54, 1.807) is 37.6 Å². The van der Waals surface area contributed by atoms with E-state index in [4.69, 9.17) is 9.47 Å². The van der Waals surface area contributed by atoms with E-state index in [0.717, 1.165) is 10.9 Å². The van der Waals surface area contributed by atoms with Crippen molar-refractivity contribution < 1.29 is 13.9 Å². The van der Waals surface area contributed by atoms with Gasteiger partial charge in [0.2, 0.25) is 5.95 Å². The van der Waals surface area contributed by atoms with Crippen LogP contribution in [0.4, 0.5) is 10.3 Å². The average Bonchev–Trinajstić information content (AvgIpc) is 2.60. The van der Waals surface area contributed by atoms with Gasteiger partial charge in [0.1, 0.15) is 5.75 Å². The minimum atomic E-state index is -0.429. The molecule has 6 heteroatoms. The third-order valence-electron chi connectivity index (χ3n) is 3.79. The molecule has 0 aliphatic heterocycles. The maximum Gasteiger partial charge on any atom is 0.223 e. The van der Waals surface area contributed by atoms with E-state index in [1.165, 1.54) is 7.11 Å². The Bertz CT molecular complexity index is 913. The number of fused-ring (bicyclic) bond motifs is 1. The van der Waals surface area contributed by atoms with Gasteiger partial charge in [0.25, 0.3) is 0 Å². The number of nitrogens with one attached hydrogen (secondary N) is 1. The molecule has 3 aromatic rings. The summed E-state index contributed by atoms with van der Waals surface area (Å²) in [6.07, 6.45) is 1.72. The fourth-order valence-corrected chi connectivity index (χ4v) is 2.64. The SMILES string of the molecule is COc1cc2nc(NC(C)C)ncc2cc1-c1cccc(OC)c1F. The quantitative estimate of drug-likeness (QED) is 0.751. The van der Waals surface area contributed by atoms with Crippen molar-refractivity contribution >= 4 is 16.9 Å². The predicted molar refractivity (Wildman–Crippen MR) is 96.8 cm³/mol. The zero-order valence-electron chi connectivity index (χ0n) is 14.6. The van der Waals surface area contributed by atoms with Crippen LogP contribution in [0, 0.1) is 5.82 Å². The number of ether oxygens (including phenoxy) is 2. The fraction of sp³-hybridized carbons (Fsp3) is 0.263. The number of methoxy groups -OCH3 is 2. The van der Waals surface area contributed by atoms with E-state index in [0.29, 0.717) is 22.8 Å². The number of aromatic nitrogens is 2. The predicted octanol–water partition coefficient (Wildman–Crippen LogP) is 4.27. The smallest absolute Gasteiger partial charge is 0.223 e. The third-order valence-corrected chi connectivity index (χ3v) is 3.79. The summed E-state index contributed by atoms with van der Waals surface area (Å²) >= 11 is 0. The van der Waals surface area contributed by atoms with Gasteiger partial charge in [0.15, 0.2) is 11.6 Å². The van der Waals surface area contributed by atoms with Crippen LogP contribution in [-0.2, 0) is 0 Å². The Morgan fingerprint density at radius 1 is 1.04 bits per heavy atom. The van der Waals surface area contributed by atoms with Gasteiger partial charge in [-0.1, -0.05) is 12.1 Å². The van der Waals surface area contributed by atoms with Gasteiger partial charge >= 0.3 is 0 Å². The first-order valence-corrected chi connectivity index (χ1v) is 7.97. The van der Waals surface area contributed by atoms with E-state index in [1.807, 2.05) is 19.9 Å². The maximum absolute atomic E-state index is 14.7. The number of nitrogens with zero attached hydrogens (tertiary/aromatic N) is 2. The molecule has 2 aromatic carbocycles. The van der Waals surface area contributed by atoms with Crippen molar-refractivity contribution in [3.63, 3.8) is 0 Å². The second kappa shape index (κ2) is 6.93. The van der Waals surface area contributed by atoms with Crippen LogP contribution < -0.4 is 14.8 Å². The van der Waals surface area contributed by atoms with Gasteiger partial charge in [0, 0.05) is 34.8 Å². The standard InChI is InChI=1S/C19H20FN3O2/c1-11(2)22-19-21-10-12-8-14(17(25-4)9-15(12)23-19)13-6-5-7-16(24-3)18(13)20/h5-11H,1-4H3,(H,21,22,23). The highest BCUT2D eigenvalue weighted by atomic mass is 19.1. The normalized spacial score (nSPS) is 11.0. The van der Waals surface area contributed by atoms with Crippen LogP contribution in [0.1, 0.15) is 13.8 Å². The largest absolute Gasteiger partial charge is 0.496 e. The van der Waals surface area contributed by atoms with E-state index >= 15 is 0 Å². The topological polar surface area (TPSA) is 56.3 Å². The molecule has 0 atom stereocenters. The molecule has 0 amide bonds. The van der Waals surface area contributed by atoms with Crippen molar-refractivity contribution in [3.05, 3.63) is 42.3 Å². The minimum Gasteiger partial charge on any atom is -0.496 e. The Balaban J connectivity index is 2.16. The van der Waals surface area contributed by atoms with Crippen LogP contribution in [0.15, 0.2) is 36.5 Å². The van der Waals surface area contributed by atoms with E-state index in [9.17, 15) is 4.39 Å². The Morgan fingerprint density at radius 2 is 1.80 bits per heavy atom. The molecule has 1 aromatic heterocycles. The fourth-order valence-electron chi connectivity index (χ4n) is 2.64. The second-order valence-electron chi connectivity index (χ2n) is 5.93. The molecule has 0 fully saturated rings. The number of benzene rings is 2. The molecule has 3 rings (SSSR count). The number of hydrogen-bond acceptors (Lipinski definition) is 5. The Hall–Kier alpha value is -2.89. The van der Waals surface area contributed by atoms with E-state index in [-0.39, 0.29) is 11.8 Å². The lowest BCUT2D eigenvalue weighted by Crippen LogP contribution is -2.12. The molecule has 0 saturated carbocycles. The van der Waals surface area contributed by atoms with Crippen molar-refractivity contribution in [1.82, 2.24) is 9.97 Å². The number of hydrogen-bond donors (Lipinski definition) is 1.